The largest absolute Gasteiger partial charge is 0.488 e. The molecule has 2 aromatic heterocycles. The normalized spacial score (nSPS) is 13.7. The van der Waals surface area contributed by atoms with Crippen molar-refractivity contribution in [3.8, 4) is 57.9 Å². The zero-order valence-corrected chi connectivity index (χ0v) is 42.1. The van der Waals surface area contributed by atoms with Gasteiger partial charge in [0.25, 0.3) is 11.8 Å². The molecule has 20 heteroatoms. The van der Waals surface area contributed by atoms with E-state index in [1.165, 1.54) is 6.26 Å². The SMILES string of the molecule is CS(=O)c1cc(-c2ccccc2OCc2ccccc2)nc(OCC(N)=O)c1C#N.N#Cc1c(N2CCC(C(N)=O)CC2)cc(-c2ccccc2OCc2ccccc2)nc1OCC(N)=O.NC(=O)C1CCNCC1. The number of aromatic nitrogens is 2. The smallest absolute Gasteiger partial charge is 0.255 e. The van der Waals surface area contributed by atoms with Crippen molar-refractivity contribution in [2.45, 2.75) is 43.8 Å². The molecule has 6 aromatic rings. The fraction of sp³-hybridized carbons (Fsp3) is 0.273. The van der Waals surface area contributed by atoms with E-state index in [1.54, 1.807) is 18.2 Å². The molecule has 1 atom stereocenters. The van der Waals surface area contributed by atoms with Crippen molar-refractivity contribution in [1.29, 1.82) is 10.5 Å². The summed E-state index contributed by atoms with van der Waals surface area (Å²) < 4.78 is 35.2. The van der Waals surface area contributed by atoms with Crippen molar-refractivity contribution in [2.75, 3.05) is 50.5 Å². The number of nitriles is 2. The lowest BCUT2D eigenvalue weighted by Crippen LogP contribution is -2.39. The maximum absolute atomic E-state index is 12.2. The topological polar surface area (TPSA) is 315 Å². The van der Waals surface area contributed by atoms with Crippen molar-refractivity contribution < 1.29 is 42.3 Å². The monoisotopic (exact) mass is 1030 g/mol. The average molecular weight is 1040 g/mol. The van der Waals surface area contributed by atoms with E-state index >= 15 is 0 Å². The van der Waals surface area contributed by atoms with Crippen molar-refractivity contribution in [1.82, 2.24) is 15.3 Å². The number of piperidine rings is 2. The Morgan fingerprint density at radius 2 is 1.04 bits per heavy atom. The van der Waals surface area contributed by atoms with Gasteiger partial charge in [0, 0.05) is 42.3 Å². The van der Waals surface area contributed by atoms with Crippen LogP contribution in [0.4, 0.5) is 5.69 Å². The molecule has 2 aliphatic rings. The second-order valence-corrected chi connectivity index (χ2v) is 18.6. The first-order valence-corrected chi connectivity index (χ1v) is 25.4. The summed E-state index contributed by atoms with van der Waals surface area (Å²) in [5, 5.41) is 22.6. The highest BCUT2D eigenvalue weighted by Gasteiger charge is 2.28. The molecule has 2 aliphatic heterocycles. The van der Waals surface area contributed by atoms with Crippen LogP contribution in [0.3, 0.4) is 0 Å². The van der Waals surface area contributed by atoms with E-state index in [9.17, 15) is 33.9 Å². The number of primary amides is 4. The molecule has 0 saturated carbocycles. The molecule has 4 aromatic carbocycles. The molecular formula is C55H58N10O9S. The van der Waals surface area contributed by atoms with Crippen LogP contribution < -0.4 is 52.1 Å². The number of nitrogens with zero attached hydrogens (tertiary/aromatic N) is 5. The van der Waals surface area contributed by atoms with Gasteiger partial charge in [-0.25, -0.2) is 9.97 Å². The molecule has 4 heterocycles. The molecule has 1 unspecified atom stereocenters. The number of amides is 4. The van der Waals surface area contributed by atoms with Crippen LogP contribution in [0, 0.1) is 34.5 Å². The molecule has 0 radical (unpaired) electrons. The number of hydrogen-bond acceptors (Lipinski definition) is 15. The molecule has 8 rings (SSSR count). The van der Waals surface area contributed by atoms with Gasteiger partial charge < -0.3 is 52.1 Å². The number of anilines is 1. The van der Waals surface area contributed by atoms with Gasteiger partial charge in [0.2, 0.25) is 23.6 Å². The Morgan fingerprint density at radius 3 is 1.47 bits per heavy atom. The number of nitrogens with one attached hydrogen (secondary N) is 1. The van der Waals surface area contributed by atoms with Crippen LogP contribution in [0.5, 0.6) is 23.3 Å². The number of benzene rings is 4. The lowest BCUT2D eigenvalue weighted by atomic mass is 9.95. The third-order valence-electron chi connectivity index (χ3n) is 11.9. The molecule has 9 N–H and O–H groups in total. The Morgan fingerprint density at radius 1 is 0.613 bits per heavy atom. The third-order valence-corrected chi connectivity index (χ3v) is 12.9. The zero-order valence-electron chi connectivity index (χ0n) is 41.3. The summed E-state index contributed by atoms with van der Waals surface area (Å²) in [7, 11) is -1.49. The highest BCUT2D eigenvalue weighted by molar-refractivity contribution is 7.84. The molecule has 19 nitrogen and oxygen atoms in total. The first kappa shape index (κ1) is 55.5. The van der Waals surface area contributed by atoms with Gasteiger partial charge in [-0.3, -0.25) is 23.4 Å². The third kappa shape index (κ3) is 16.1. The maximum Gasteiger partial charge on any atom is 0.255 e. The quantitative estimate of drug-likeness (QED) is 0.0753. The van der Waals surface area contributed by atoms with Gasteiger partial charge in [-0.05, 0) is 86.3 Å². The molecule has 0 bridgehead atoms. The summed E-state index contributed by atoms with van der Waals surface area (Å²) in [6.45, 7) is 2.80. The van der Waals surface area contributed by atoms with E-state index in [0.29, 0.717) is 78.8 Å². The second kappa shape index (κ2) is 27.8. The van der Waals surface area contributed by atoms with Gasteiger partial charge in [0.15, 0.2) is 13.2 Å². The van der Waals surface area contributed by atoms with E-state index in [4.69, 9.17) is 41.9 Å². The molecule has 2 saturated heterocycles. The van der Waals surface area contributed by atoms with Crippen LogP contribution >= 0.6 is 0 Å². The molecule has 0 aliphatic carbocycles. The summed E-state index contributed by atoms with van der Waals surface area (Å²) in [4.78, 5) is 55.9. The predicted molar refractivity (Wildman–Crippen MR) is 281 cm³/mol. The standard InChI is InChI=1S/C27H27N5O4.C22H19N3O4S.C6H12N2O/c28-15-21-23(32-12-10-19(11-13-32)26(30)34)14-22(31-27(21)36-17-25(29)33)20-8-4-5-9-24(20)35-16-18-6-2-1-3-7-18;1-30(27)20-11-18(25-22(17(20)12-23)29-14-21(24)26)16-9-5-6-10-19(16)28-13-15-7-3-2-4-8-15;7-6(9)5-1-3-8-4-2-5/h1-9,14,19H,10-13,16-17H2,(H2,29,33)(H2,30,34);2-11H,13-14H2,1H3,(H2,24,26);5,8H,1-4H2,(H2,7,9). The fourth-order valence-corrected chi connectivity index (χ4v) is 8.74. The van der Waals surface area contributed by atoms with E-state index in [-0.39, 0.29) is 51.4 Å². The van der Waals surface area contributed by atoms with Crippen LogP contribution in [-0.2, 0) is 43.2 Å². The van der Waals surface area contributed by atoms with Crippen molar-refractivity contribution in [3.05, 3.63) is 144 Å². The van der Waals surface area contributed by atoms with Crippen molar-refractivity contribution in [2.24, 2.45) is 34.8 Å². The Bertz CT molecular complexity index is 3050. The highest BCUT2D eigenvalue weighted by atomic mass is 32.2. The number of nitrogens with two attached hydrogens (primary N) is 4. The van der Waals surface area contributed by atoms with Crippen molar-refractivity contribution in [3.63, 3.8) is 0 Å². The molecule has 2 fully saturated rings. The molecule has 388 valence electrons. The minimum atomic E-state index is -1.49. The summed E-state index contributed by atoms with van der Waals surface area (Å²) in [6, 6.07) is 41.7. The van der Waals surface area contributed by atoms with E-state index in [1.807, 2.05) is 114 Å². The van der Waals surface area contributed by atoms with Gasteiger partial charge in [0.05, 0.1) is 32.8 Å². The van der Waals surface area contributed by atoms with Crippen LogP contribution in [-0.4, -0.2) is 83.5 Å². The van der Waals surface area contributed by atoms with Gasteiger partial charge in [-0.15, -0.1) is 0 Å². The van der Waals surface area contributed by atoms with Crippen LogP contribution in [0.1, 0.15) is 47.9 Å². The Kier molecular flexibility index (Phi) is 20.6. The molecular weight excluding hydrogens is 977 g/mol. The predicted octanol–water partition coefficient (Wildman–Crippen LogP) is 5.04. The summed E-state index contributed by atoms with van der Waals surface area (Å²) in [6.07, 6.45) is 4.43. The number of carbonyl (C=O) groups excluding carboxylic acids is 4. The van der Waals surface area contributed by atoms with Crippen LogP contribution in [0.2, 0.25) is 0 Å². The Hall–Kier alpha value is -8.85. The molecule has 4 amide bonds. The highest BCUT2D eigenvalue weighted by Crippen LogP contribution is 2.38. The van der Waals surface area contributed by atoms with Gasteiger partial charge in [-0.2, -0.15) is 10.5 Å². The first-order valence-electron chi connectivity index (χ1n) is 23.9. The van der Waals surface area contributed by atoms with Gasteiger partial charge in [0.1, 0.15) is 48.0 Å². The lowest BCUT2D eigenvalue weighted by molar-refractivity contribution is -0.123. The van der Waals surface area contributed by atoms with E-state index in [2.05, 4.69) is 21.4 Å². The summed E-state index contributed by atoms with van der Waals surface area (Å²) in [5.74, 6) is -0.840. The maximum atomic E-state index is 12.2. The van der Waals surface area contributed by atoms with Crippen LogP contribution in [0.15, 0.2) is 126 Å². The molecule has 0 spiro atoms. The Labute approximate surface area is 437 Å². The van der Waals surface area contributed by atoms with Gasteiger partial charge >= 0.3 is 0 Å². The van der Waals surface area contributed by atoms with E-state index in [0.717, 1.165) is 37.1 Å². The first-order chi connectivity index (χ1) is 36.3. The number of carbonyl (C=O) groups is 4. The molecule has 75 heavy (non-hydrogen) atoms. The summed E-state index contributed by atoms with van der Waals surface area (Å²) >= 11 is 0. The number of ether oxygens (including phenoxy) is 4. The van der Waals surface area contributed by atoms with Gasteiger partial charge in [-0.1, -0.05) is 84.9 Å². The van der Waals surface area contributed by atoms with E-state index < -0.39 is 35.8 Å². The second-order valence-electron chi connectivity index (χ2n) is 17.2. The number of rotatable bonds is 18. The minimum absolute atomic E-state index is 0.00326. The fourth-order valence-electron chi connectivity index (χ4n) is 8.05. The zero-order chi connectivity index (χ0) is 53.7. The van der Waals surface area contributed by atoms with Crippen molar-refractivity contribution >= 4 is 40.1 Å². The minimum Gasteiger partial charge on any atom is -0.488 e. The number of pyridine rings is 2. The van der Waals surface area contributed by atoms with Crippen LogP contribution in [0.25, 0.3) is 22.5 Å². The lowest BCUT2D eigenvalue weighted by Gasteiger charge is -2.33. The Balaban J connectivity index is 0.000000211. The number of hydrogen-bond donors (Lipinski definition) is 5. The summed E-state index contributed by atoms with van der Waals surface area (Å²) in [5.41, 5.74) is 26.1. The average Bonchev–Trinajstić information content (AvgIpc) is 3.43. The number of para-hydroxylation sites is 2.